The second-order valence-corrected chi connectivity index (χ2v) is 10.8. The first-order valence-electron chi connectivity index (χ1n) is 7.84. The number of alkyl halides is 2. The summed E-state index contributed by atoms with van der Waals surface area (Å²) in [5, 5.41) is 9.94. The molecule has 7 nitrogen and oxygen atoms in total. The van der Waals surface area contributed by atoms with E-state index in [0.717, 1.165) is 18.3 Å². The number of anilines is 1. The van der Waals surface area contributed by atoms with E-state index in [1.54, 1.807) is 0 Å². The lowest BCUT2D eigenvalue weighted by atomic mass is 10.1. The SMILES string of the molecule is CC[Si](C)(CC)OCC1OC(n2ccc(N)nc2=O)C(F)(F)C1O. The number of aliphatic hydroxyl groups excluding tert-OH is 1. The van der Waals surface area contributed by atoms with Gasteiger partial charge in [-0.3, -0.25) is 4.57 Å². The predicted molar refractivity (Wildman–Crippen MR) is 86.3 cm³/mol. The van der Waals surface area contributed by atoms with Crippen LogP contribution in [0.25, 0.3) is 0 Å². The molecule has 0 aliphatic carbocycles. The number of aliphatic hydroxyl groups is 1. The Balaban J connectivity index is 2.20. The number of nitrogen functional groups attached to an aromatic ring is 1. The molecule has 0 saturated carbocycles. The summed E-state index contributed by atoms with van der Waals surface area (Å²) in [5.74, 6) is -3.72. The van der Waals surface area contributed by atoms with Gasteiger partial charge in [-0.25, -0.2) is 4.79 Å². The van der Waals surface area contributed by atoms with Crippen molar-refractivity contribution >= 4 is 14.1 Å². The number of hydrogen-bond acceptors (Lipinski definition) is 6. The van der Waals surface area contributed by atoms with Gasteiger partial charge in [0.05, 0.1) is 6.61 Å². The Labute approximate surface area is 139 Å². The number of rotatable bonds is 6. The maximum Gasteiger partial charge on any atom is 0.351 e. The van der Waals surface area contributed by atoms with Crippen LogP contribution in [0.2, 0.25) is 18.6 Å². The van der Waals surface area contributed by atoms with Gasteiger partial charge < -0.3 is 20.0 Å². The van der Waals surface area contributed by atoms with Gasteiger partial charge in [0.1, 0.15) is 11.9 Å². The van der Waals surface area contributed by atoms with E-state index in [4.69, 9.17) is 14.9 Å². The van der Waals surface area contributed by atoms with Crippen LogP contribution >= 0.6 is 0 Å². The zero-order chi connectivity index (χ0) is 18.1. The molecule has 0 radical (unpaired) electrons. The number of halogens is 2. The Bertz CT molecular complexity index is 639. The van der Waals surface area contributed by atoms with E-state index in [1.165, 1.54) is 6.07 Å². The highest BCUT2D eigenvalue weighted by atomic mass is 28.4. The summed E-state index contributed by atoms with van der Waals surface area (Å²) >= 11 is 0. The van der Waals surface area contributed by atoms with E-state index >= 15 is 0 Å². The van der Waals surface area contributed by atoms with Gasteiger partial charge in [0.15, 0.2) is 14.4 Å². The lowest BCUT2D eigenvalue weighted by Crippen LogP contribution is -2.43. The quantitative estimate of drug-likeness (QED) is 0.740. The lowest BCUT2D eigenvalue weighted by molar-refractivity contribution is -0.140. The van der Waals surface area contributed by atoms with E-state index in [1.807, 2.05) is 20.4 Å². The number of hydrogen-bond donors (Lipinski definition) is 2. The summed E-state index contributed by atoms with van der Waals surface area (Å²) in [5.41, 5.74) is 4.39. The molecule has 3 N–H and O–H groups in total. The van der Waals surface area contributed by atoms with Gasteiger partial charge in [0.2, 0.25) is 6.23 Å². The second-order valence-electron chi connectivity index (χ2n) is 6.16. The molecule has 2 heterocycles. The van der Waals surface area contributed by atoms with Crippen LogP contribution in [-0.2, 0) is 9.16 Å². The van der Waals surface area contributed by atoms with Crippen molar-refractivity contribution in [2.45, 2.75) is 56.8 Å². The summed E-state index contributed by atoms with van der Waals surface area (Å²) in [6.45, 7) is 5.82. The highest BCUT2D eigenvalue weighted by Gasteiger charge is 2.59. The van der Waals surface area contributed by atoms with Crippen molar-refractivity contribution in [3.05, 3.63) is 22.7 Å². The minimum atomic E-state index is -3.65. The number of nitrogens with zero attached hydrogens (tertiary/aromatic N) is 2. The molecule has 3 atom stereocenters. The molecule has 0 aromatic carbocycles. The topological polar surface area (TPSA) is 99.6 Å². The van der Waals surface area contributed by atoms with E-state index in [9.17, 15) is 18.7 Å². The highest BCUT2D eigenvalue weighted by molar-refractivity contribution is 6.72. The molecule has 1 aliphatic rings. The maximum absolute atomic E-state index is 14.4. The summed E-state index contributed by atoms with van der Waals surface area (Å²) < 4.78 is 40.4. The molecule has 1 aliphatic heterocycles. The fraction of sp³-hybridized carbons (Fsp3) is 0.714. The first-order valence-corrected chi connectivity index (χ1v) is 10.7. The van der Waals surface area contributed by atoms with Crippen LogP contribution in [0.1, 0.15) is 20.1 Å². The van der Waals surface area contributed by atoms with Crippen LogP contribution in [0.4, 0.5) is 14.6 Å². The molecule has 1 fully saturated rings. The smallest absolute Gasteiger partial charge is 0.351 e. The highest BCUT2D eigenvalue weighted by Crippen LogP contribution is 2.42. The van der Waals surface area contributed by atoms with Crippen molar-refractivity contribution in [2.24, 2.45) is 0 Å². The van der Waals surface area contributed by atoms with Gasteiger partial charge >= 0.3 is 11.6 Å². The van der Waals surface area contributed by atoms with Crippen LogP contribution in [-0.4, -0.2) is 47.7 Å². The molecule has 3 unspecified atom stereocenters. The van der Waals surface area contributed by atoms with Crippen LogP contribution in [0.15, 0.2) is 17.1 Å². The van der Waals surface area contributed by atoms with Crippen LogP contribution < -0.4 is 11.4 Å². The van der Waals surface area contributed by atoms with Crippen LogP contribution in [0.5, 0.6) is 0 Å². The minimum Gasteiger partial charge on any atom is -0.414 e. The molecule has 1 saturated heterocycles. The maximum atomic E-state index is 14.4. The van der Waals surface area contributed by atoms with Gasteiger partial charge in [0, 0.05) is 6.20 Å². The molecule has 0 amide bonds. The normalized spacial score (nSPS) is 26.7. The minimum absolute atomic E-state index is 0.0781. The monoisotopic (exact) mass is 363 g/mol. The zero-order valence-corrected chi connectivity index (χ0v) is 14.9. The van der Waals surface area contributed by atoms with Gasteiger partial charge in [-0.05, 0) is 24.7 Å². The average molecular weight is 363 g/mol. The van der Waals surface area contributed by atoms with Gasteiger partial charge in [-0.1, -0.05) is 13.8 Å². The molecular formula is C14H23F2N3O4Si. The molecule has 0 spiro atoms. The Hall–Kier alpha value is -1.36. The Morgan fingerprint density at radius 3 is 2.67 bits per heavy atom. The van der Waals surface area contributed by atoms with Gasteiger partial charge in [-0.15, -0.1) is 0 Å². The van der Waals surface area contributed by atoms with Crippen molar-refractivity contribution in [3.8, 4) is 0 Å². The third kappa shape index (κ3) is 3.51. The first-order chi connectivity index (χ1) is 11.1. The summed E-state index contributed by atoms with van der Waals surface area (Å²) in [7, 11) is -1.99. The number of ether oxygens (including phenoxy) is 1. The third-order valence-electron chi connectivity index (χ3n) is 4.58. The molecule has 0 bridgehead atoms. The van der Waals surface area contributed by atoms with Crippen LogP contribution in [0.3, 0.4) is 0 Å². The first kappa shape index (κ1) is 19.0. The fourth-order valence-electron chi connectivity index (χ4n) is 2.45. The molecule has 1 aromatic rings. The summed E-state index contributed by atoms with van der Waals surface area (Å²) in [6.07, 6.45) is -4.16. The second kappa shape index (κ2) is 6.87. The largest absolute Gasteiger partial charge is 0.414 e. The Morgan fingerprint density at radius 2 is 2.12 bits per heavy atom. The molecule has 1 aromatic heterocycles. The predicted octanol–water partition coefficient (Wildman–Crippen LogP) is 1.35. The van der Waals surface area contributed by atoms with Crippen molar-refractivity contribution in [3.63, 3.8) is 0 Å². The van der Waals surface area contributed by atoms with Crippen molar-refractivity contribution < 1.29 is 23.1 Å². The molecular weight excluding hydrogens is 340 g/mol. The fourth-order valence-corrected chi connectivity index (χ4v) is 3.92. The lowest BCUT2D eigenvalue weighted by Gasteiger charge is -2.27. The zero-order valence-electron chi connectivity index (χ0n) is 13.9. The number of nitrogens with two attached hydrogens (primary N) is 1. The third-order valence-corrected chi connectivity index (χ3v) is 8.43. The van der Waals surface area contributed by atoms with E-state index in [2.05, 4.69) is 4.98 Å². The molecule has 10 heteroatoms. The van der Waals surface area contributed by atoms with Gasteiger partial charge in [0.25, 0.3) is 0 Å². The van der Waals surface area contributed by atoms with E-state index in [-0.39, 0.29) is 12.4 Å². The van der Waals surface area contributed by atoms with Crippen molar-refractivity contribution in [1.29, 1.82) is 0 Å². The molecule has 136 valence electrons. The standard InChI is InChI=1S/C14H23F2N3O4Si/c1-4-24(3,5-2)22-8-9-11(20)14(15,16)12(23-9)19-7-6-10(17)18-13(19)21/h6-7,9,11-12,20H,4-5,8H2,1-3H3,(H2,17,18,21). The summed E-state index contributed by atoms with van der Waals surface area (Å²) in [6, 6.07) is 2.87. The van der Waals surface area contributed by atoms with Crippen molar-refractivity contribution in [2.75, 3.05) is 12.3 Å². The Morgan fingerprint density at radius 1 is 1.50 bits per heavy atom. The van der Waals surface area contributed by atoms with Crippen molar-refractivity contribution in [1.82, 2.24) is 9.55 Å². The van der Waals surface area contributed by atoms with E-state index in [0.29, 0.717) is 4.57 Å². The van der Waals surface area contributed by atoms with Crippen LogP contribution in [0, 0.1) is 0 Å². The average Bonchev–Trinajstić information content (AvgIpc) is 2.76. The molecule has 2 rings (SSSR count). The molecule has 24 heavy (non-hydrogen) atoms. The summed E-state index contributed by atoms with van der Waals surface area (Å²) in [4.78, 5) is 15.2. The van der Waals surface area contributed by atoms with E-state index < -0.39 is 38.4 Å². The Kier molecular flexibility index (Phi) is 5.43. The number of aromatic nitrogens is 2. The van der Waals surface area contributed by atoms with Gasteiger partial charge in [-0.2, -0.15) is 13.8 Å².